The van der Waals surface area contributed by atoms with E-state index in [1.807, 2.05) is 19.9 Å². The first kappa shape index (κ1) is 12.1. The van der Waals surface area contributed by atoms with Crippen molar-refractivity contribution < 1.29 is 0 Å². The van der Waals surface area contributed by atoms with E-state index in [0.29, 0.717) is 0 Å². The maximum absolute atomic E-state index is 6.13. The molecule has 0 radical (unpaired) electrons. The fourth-order valence-electron chi connectivity index (χ4n) is 1.60. The van der Waals surface area contributed by atoms with Gasteiger partial charge in [-0.1, -0.05) is 0 Å². The minimum Gasteiger partial charge on any atom is -0.322 e. The normalized spacial score (nSPS) is 12.7. The standard InChI is InChI=1S/C12H16N4S/c1-7-8(2)17-12(15-7)6-10(13)11-4-5-14-9(3)16-11/h4-5,10H,6,13H2,1-3H3. The minimum atomic E-state index is -0.110. The van der Waals surface area contributed by atoms with Crippen molar-refractivity contribution in [2.24, 2.45) is 5.73 Å². The van der Waals surface area contributed by atoms with Crippen LogP contribution in [-0.2, 0) is 6.42 Å². The Morgan fingerprint density at radius 1 is 1.29 bits per heavy atom. The van der Waals surface area contributed by atoms with E-state index in [0.717, 1.165) is 28.6 Å². The van der Waals surface area contributed by atoms with E-state index >= 15 is 0 Å². The molecule has 0 spiro atoms. The summed E-state index contributed by atoms with van der Waals surface area (Å²) in [5.41, 5.74) is 8.10. The summed E-state index contributed by atoms with van der Waals surface area (Å²) in [6.45, 7) is 5.97. The van der Waals surface area contributed by atoms with Crippen LogP contribution in [0.4, 0.5) is 0 Å². The molecule has 1 unspecified atom stereocenters. The fourth-order valence-corrected chi connectivity index (χ4v) is 2.59. The highest BCUT2D eigenvalue weighted by Crippen LogP contribution is 2.21. The molecular weight excluding hydrogens is 232 g/mol. The van der Waals surface area contributed by atoms with E-state index in [-0.39, 0.29) is 6.04 Å². The number of rotatable bonds is 3. The second-order valence-corrected chi connectivity index (χ2v) is 5.38. The van der Waals surface area contributed by atoms with Crippen molar-refractivity contribution in [3.05, 3.63) is 39.4 Å². The van der Waals surface area contributed by atoms with Gasteiger partial charge in [-0.3, -0.25) is 0 Å². The van der Waals surface area contributed by atoms with Crippen LogP contribution in [0.3, 0.4) is 0 Å². The van der Waals surface area contributed by atoms with E-state index in [9.17, 15) is 0 Å². The molecule has 17 heavy (non-hydrogen) atoms. The quantitative estimate of drug-likeness (QED) is 0.903. The summed E-state index contributed by atoms with van der Waals surface area (Å²) in [5.74, 6) is 0.754. The van der Waals surface area contributed by atoms with Crippen LogP contribution in [0.25, 0.3) is 0 Å². The van der Waals surface area contributed by atoms with Crippen LogP contribution in [0.15, 0.2) is 12.3 Å². The number of hydrogen-bond donors (Lipinski definition) is 1. The summed E-state index contributed by atoms with van der Waals surface area (Å²) >= 11 is 1.71. The molecule has 0 aliphatic carbocycles. The predicted octanol–water partition coefficient (Wildman–Crippen LogP) is 2.10. The molecule has 2 aromatic heterocycles. The maximum atomic E-state index is 6.13. The second-order valence-electron chi connectivity index (χ2n) is 4.09. The molecule has 2 aromatic rings. The summed E-state index contributed by atoms with van der Waals surface area (Å²) in [7, 11) is 0. The van der Waals surface area contributed by atoms with Gasteiger partial charge in [0.2, 0.25) is 0 Å². The van der Waals surface area contributed by atoms with Crippen LogP contribution >= 0.6 is 11.3 Å². The topological polar surface area (TPSA) is 64.7 Å². The average Bonchev–Trinajstić information content (AvgIpc) is 2.58. The Hall–Kier alpha value is -1.33. The van der Waals surface area contributed by atoms with E-state index in [2.05, 4.69) is 21.9 Å². The molecule has 90 valence electrons. The molecule has 2 heterocycles. The van der Waals surface area contributed by atoms with Crippen molar-refractivity contribution in [1.82, 2.24) is 15.0 Å². The number of nitrogens with two attached hydrogens (primary N) is 1. The third kappa shape index (κ3) is 2.87. The molecule has 0 fully saturated rings. The van der Waals surface area contributed by atoms with Crippen molar-refractivity contribution in [2.45, 2.75) is 33.2 Å². The summed E-state index contributed by atoms with van der Waals surface area (Å²) in [6, 6.07) is 1.76. The van der Waals surface area contributed by atoms with Crippen molar-refractivity contribution in [1.29, 1.82) is 0 Å². The van der Waals surface area contributed by atoms with Gasteiger partial charge in [0.05, 0.1) is 22.4 Å². The third-order valence-electron chi connectivity index (χ3n) is 2.64. The highest BCUT2D eigenvalue weighted by atomic mass is 32.1. The smallest absolute Gasteiger partial charge is 0.125 e. The van der Waals surface area contributed by atoms with Gasteiger partial charge >= 0.3 is 0 Å². The van der Waals surface area contributed by atoms with Crippen LogP contribution in [0.5, 0.6) is 0 Å². The van der Waals surface area contributed by atoms with Gasteiger partial charge in [-0.05, 0) is 26.8 Å². The monoisotopic (exact) mass is 248 g/mol. The first-order valence-corrected chi connectivity index (χ1v) is 6.36. The first-order valence-electron chi connectivity index (χ1n) is 5.54. The lowest BCUT2D eigenvalue weighted by Crippen LogP contribution is -2.15. The summed E-state index contributed by atoms with van der Waals surface area (Å²) < 4.78 is 0. The Labute approximate surface area is 105 Å². The zero-order chi connectivity index (χ0) is 12.4. The van der Waals surface area contributed by atoms with E-state index in [4.69, 9.17) is 5.73 Å². The largest absolute Gasteiger partial charge is 0.322 e. The zero-order valence-electron chi connectivity index (χ0n) is 10.3. The van der Waals surface area contributed by atoms with Crippen LogP contribution in [0.1, 0.15) is 33.1 Å². The maximum Gasteiger partial charge on any atom is 0.125 e. The number of nitrogens with zero attached hydrogens (tertiary/aromatic N) is 3. The molecule has 0 aliphatic heterocycles. The van der Waals surface area contributed by atoms with E-state index in [1.54, 1.807) is 17.5 Å². The van der Waals surface area contributed by atoms with E-state index < -0.39 is 0 Å². The molecule has 2 rings (SSSR count). The number of thiazole rings is 1. The molecule has 5 heteroatoms. The lowest BCUT2D eigenvalue weighted by atomic mass is 10.1. The summed E-state index contributed by atoms with van der Waals surface area (Å²) in [6.07, 6.45) is 2.48. The Balaban J connectivity index is 2.14. The summed E-state index contributed by atoms with van der Waals surface area (Å²) in [5, 5.41) is 1.07. The summed E-state index contributed by atoms with van der Waals surface area (Å²) in [4.78, 5) is 14.2. The zero-order valence-corrected chi connectivity index (χ0v) is 11.1. The molecule has 0 aliphatic rings. The van der Waals surface area contributed by atoms with Crippen molar-refractivity contribution >= 4 is 11.3 Å². The van der Waals surface area contributed by atoms with Gasteiger partial charge in [0.1, 0.15) is 5.82 Å². The van der Waals surface area contributed by atoms with Crippen LogP contribution < -0.4 is 5.73 Å². The highest BCUT2D eigenvalue weighted by molar-refractivity contribution is 7.11. The molecule has 0 aromatic carbocycles. The Morgan fingerprint density at radius 3 is 2.65 bits per heavy atom. The first-order chi connectivity index (χ1) is 8.06. The van der Waals surface area contributed by atoms with Crippen LogP contribution in [-0.4, -0.2) is 15.0 Å². The molecule has 4 nitrogen and oxygen atoms in total. The second kappa shape index (κ2) is 4.89. The third-order valence-corrected chi connectivity index (χ3v) is 3.74. The predicted molar refractivity (Wildman–Crippen MR) is 69.0 cm³/mol. The van der Waals surface area contributed by atoms with Crippen molar-refractivity contribution in [3.8, 4) is 0 Å². The van der Waals surface area contributed by atoms with Gasteiger partial charge in [0.25, 0.3) is 0 Å². The van der Waals surface area contributed by atoms with Crippen molar-refractivity contribution in [3.63, 3.8) is 0 Å². The van der Waals surface area contributed by atoms with Gasteiger partial charge in [-0.25, -0.2) is 15.0 Å². The Morgan fingerprint density at radius 2 is 2.06 bits per heavy atom. The fraction of sp³-hybridized carbons (Fsp3) is 0.417. The molecular formula is C12H16N4S. The highest BCUT2D eigenvalue weighted by Gasteiger charge is 2.12. The van der Waals surface area contributed by atoms with Gasteiger partial charge < -0.3 is 5.73 Å². The van der Waals surface area contributed by atoms with Crippen LogP contribution in [0.2, 0.25) is 0 Å². The molecule has 1 atom stereocenters. The van der Waals surface area contributed by atoms with Crippen molar-refractivity contribution in [2.75, 3.05) is 0 Å². The number of hydrogen-bond acceptors (Lipinski definition) is 5. The Kier molecular flexibility index (Phi) is 3.49. The van der Waals surface area contributed by atoms with Gasteiger partial charge in [0, 0.05) is 17.5 Å². The molecule has 0 saturated carbocycles. The van der Waals surface area contributed by atoms with Gasteiger partial charge in [-0.15, -0.1) is 11.3 Å². The van der Waals surface area contributed by atoms with Gasteiger partial charge in [-0.2, -0.15) is 0 Å². The van der Waals surface area contributed by atoms with Gasteiger partial charge in [0.15, 0.2) is 0 Å². The van der Waals surface area contributed by atoms with E-state index in [1.165, 1.54) is 4.88 Å². The molecule has 0 bridgehead atoms. The lowest BCUT2D eigenvalue weighted by molar-refractivity contribution is 0.684. The SMILES string of the molecule is Cc1nccc(C(N)Cc2nc(C)c(C)s2)n1. The lowest BCUT2D eigenvalue weighted by Gasteiger charge is -2.09. The number of aryl methyl sites for hydroxylation is 3. The number of aromatic nitrogens is 3. The molecule has 2 N–H and O–H groups in total. The average molecular weight is 248 g/mol. The minimum absolute atomic E-state index is 0.110. The van der Waals surface area contributed by atoms with Crippen LogP contribution in [0, 0.1) is 20.8 Å². The molecule has 0 saturated heterocycles. The molecule has 0 amide bonds. The Bertz CT molecular complexity index is 501.